The van der Waals surface area contributed by atoms with E-state index in [0.717, 1.165) is 41.8 Å². The van der Waals surface area contributed by atoms with E-state index < -0.39 is 0 Å². The summed E-state index contributed by atoms with van der Waals surface area (Å²) in [6.07, 6.45) is 5.42. The highest BCUT2D eigenvalue weighted by Gasteiger charge is 2.16. The molecule has 0 aromatic carbocycles. The smallest absolute Gasteiger partial charge is 0.153 e. The van der Waals surface area contributed by atoms with Gasteiger partial charge in [-0.05, 0) is 33.1 Å². The number of anilines is 3. The van der Waals surface area contributed by atoms with Gasteiger partial charge in [0.1, 0.15) is 18.0 Å². The van der Waals surface area contributed by atoms with Gasteiger partial charge in [-0.3, -0.25) is 5.10 Å². The first-order chi connectivity index (χ1) is 9.74. The molecule has 3 rings (SSSR count). The Morgan fingerprint density at radius 1 is 1.15 bits per heavy atom. The van der Waals surface area contributed by atoms with Crippen LogP contribution in [0.5, 0.6) is 0 Å². The number of aromatic nitrogens is 4. The van der Waals surface area contributed by atoms with E-state index in [0.29, 0.717) is 0 Å². The Morgan fingerprint density at radius 3 is 2.65 bits per heavy atom. The summed E-state index contributed by atoms with van der Waals surface area (Å²) in [5, 5.41) is 10.4. The van der Waals surface area contributed by atoms with Gasteiger partial charge in [-0.15, -0.1) is 0 Å². The molecule has 0 bridgehead atoms. The van der Waals surface area contributed by atoms with Gasteiger partial charge in [-0.1, -0.05) is 0 Å². The van der Waals surface area contributed by atoms with Gasteiger partial charge < -0.3 is 10.2 Å². The Labute approximate surface area is 118 Å². The zero-order valence-electron chi connectivity index (χ0n) is 12.0. The van der Waals surface area contributed by atoms with Crippen LogP contribution < -0.4 is 10.2 Å². The molecule has 2 aromatic rings. The van der Waals surface area contributed by atoms with Gasteiger partial charge in [0.25, 0.3) is 0 Å². The Bertz CT molecular complexity index is 585. The van der Waals surface area contributed by atoms with Crippen LogP contribution in [-0.4, -0.2) is 33.3 Å². The average molecular weight is 272 g/mol. The van der Waals surface area contributed by atoms with Crippen molar-refractivity contribution in [3.05, 3.63) is 23.7 Å². The first-order valence-electron chi connectivity index (χ1n) is 7.09. The van der Waals surface area contributed by atoms with E-state index in [-0.39, 0.29) is 0 Å². The third-order valence-corrected chi connectivity index (χ3v) is 3.67. The SMILES string of the molecule is Cc1cc(Nc2ncnc(N3CCCCC3)c2C)n[nH]1. The fraction of sp³-hybridized carbons (Fsp3) is 0.500. The van der Waals surface area contributed by atoms with Gasteiger partial charge in [0.2, 0.25) is 0 Å². The monoisotopic (exact) mass is 272 g/mol. The molecule has 0 aliphatic carbocycles. The van der Waals surface area contributed by atoms with Crippen LogP contribution in [0.1, 0.15) is 30.5 Å². The molecule has 0 radical (unpaired) electrons. The van der Waals surface area contributed by atoms with Crippen LogP contribution >= 0.6 is 0 Å². The minimum atomic E-state index is 0.786. The molecule has 3 heterocycles. The van der Waals surface area contributed by atoms with Crippen molar-refractivity contribution < 1.29 is 0 Å². The number of H-pyrrole nitrogens is 1. The number of rotatable bonds is 3. The number of nitrogens with one attached hydrogen (secondary N) is 2. The van der Waals surface area contributed by atoms with Crippen molar-refractivity contribution in [1.82, 2.24) is 20.2 Å². The standard InChI is InChI=1S/C14H20N6/c1-10-8-12(19-18-10)17-13-11(2)14(16-9-15-13)20-6-4-3-5-7-20/h8-9H,3-7H2,1-2H3,(H2,15,16,17,18,19). The van der Waals surface area contributed by atoms with Crippen molar-refractivity contribution in [1.29, 1.82) is 0 Å². The highest BCUT2D eigenvalue weighted by molar-refractivity contribution is 5.63. The molecule has 1 aliphatic rings. The van der Waals surface area contributed by atoms with Crippen LogP contribution in [0.2, 0.25) is 0 Å². The highest BCUT2D eigenvalue weighted by atomic mass is 15.2. The summed E-state index contributed by atoms with van der Waals surface area (Å²) in [6, 6.07) is 1.96. The van der Waals surface area contributed by atoms with Gasteiger partial charge in [0, 0.05) is 30.4 Å². The molecule has 6 nitrogen and oxygen atoms in total. The maximum absolute atomic E-state index is 4.46. The number of piperidine rings is 1. The zero-order chi connectivity index (χ0) is 13.9. The molecule has 2 N–H and O–H groups in total. The van der Waals surface area contributed by atoms with Crippen molar-refractivity contribution in [2.24, 2.45) is 0 Å². The number of aryl methyl sites for hydroxylation is 1. The Morgan fingerprint density at radius 2 is 1.95 bits per heavy atom. The van der Waals surface area contributed by atoms with Crippen molar-refractivity contribution >= 4 is 17.5 Å². The molecule has 0 atom stereocenters. The summed E-state index contributed by atoms with van der Waals surface area (Å²) in [7, 11) is 0. The fourth-order valence-corrected chi connectivity index (χ4v) is 2.59. The van der Waals surface area contributed by atoms with Gasteiger partial charge in [0.15, 0.2) is 5.82 Å². The Balaban J connectivity index is 1.84. The van der Waals surface area contributed by atoms with E-state index in [4.69, 9.17) is 0 Å². The minimum Gasteiger partial charge on any atom is -0.356 e. The summed E-state index contributed by atoms with van der Waals surface area (Å²) >= 11 is 0. The second-order valence-electron chi connectivity index (χ2n) is 5.28. The topological polar surface area (TPSA) is 69.7 Å². The van der Waals surface area contributed by atoms with E-state index in [9.17, 15) is 0 Å². The van der Waals surface area contributed by atoms with E-state index >= 15 is 0 Å². The lowest BCUT2D eigenvalue weighted by Gasteiger charge is -2.29. The maximum atomic E-state index is 4.46. The molecule has 1 aliphatic heterocycles. The Kier molecular flexibility index (Phi) is 3.54. The van der Waals surface area contributed by atoms with Crippen LogP contribution in [0.4, 0.5) is 17.5 Å². The number of nitrogens with zero attached hydrogens (tertiary/aromatic N) is 4. The predicted molar refractivity (Wildman–Crippen MR) is 79.4 cm³/mol. The molecule has 1 saturated heterocycles. The van der Waals surface area contributed by atoms with Crippen LogP contribution in [0.3, 0.4) is 0 Å². The summed E-state index contributed by atoms with van der Waals surface area (Å²) in [5.74, 6) is 2.65. The third-order valence-electron chi connectivity index (χ3n) is 3.67. The maximum Gasteiger partial charge on any atom is 0.153 e. The van der Waals surface area contributed by atoms with E-state index in [2.05, 4.69) is 37.3 Å². The van der Waals surface area contributed by atoms with Gasteiger partial charge in [-0.2, -0.15) is 5.10 Å². The average Bonchev–Trinajstić information content (AvgIpc) is 2.87. The van der Waals surface area contributed by atoms with Crippen LogP contribution in [0.25, 0.3) is 0 Å². The summed E-state index contributed by atoms with van der Waals surface area (Å²) in [6.45, 7) is 6.20. The molecular weight excluding hydrogens is 252 g/mol. The normalized spacial score (nSPS) is 15.4. The quantitative estimate of drug-likeness (QED) is 0.898. The van der Waals surface area contributed by atoms with E-state index in [1.807, 2.05) is 13.0 Å². The van der Waals surface area contributed by atoms with Crippen LogP contribution in [-0.2, 0) is 0 Å². The molecule has 1 fully saturated rings. The number of hydrogen-bond donors (Lipinski definition) is 2. The number of aromatic amines is 1. The van der Waals surface area contributed by atoms with E-state index in [1.54, 1.807) is 6.33 Å². The second kappa shape index (κ2) is 5.48. The predicted octanol–water partition coefficient (Wildman–Crippen LogP) is 2.55. The van der Waals surface area contributed by atoms with Crippen molar-refractivity contribution in [3.63, 3.8) is 0 Å². The van der Waals surface area contributed by atoms with Crippen LogP contribution in [0, 0.1) is 13.8 Å². The van der Waals surface area contributed by atoms with Crippen molar-refractivity contribution in [2.45, 2.75) is 33.1 Å². The first kappa shape index (κ1) is 12.9. The number of hydrogen-bond acceptors (Lipinski definition) is 5. The molecule has 0 saturated carbocycles. The molecule has 0 spiro atoms. The van der Waals surface area contributed by atoms with Crippen LogP contribution in [0.15, 0.2) is 12.4 Å². The molecule has 0 amide bonds. The van der Waals surface area contributed by atoms with Crippen molar-refractivity contribution in [2.75, 3.05) is 23.3 Å². The first-order valence-corrected chi connectivity index (χ1v) is 7.09. The summed E-state index contributed by atoms with van der Waals surface area (Å²) in [5.41, 5.74) is 2.10. The second-order valence-corrected chi connectivity index (χ2v) is 5.28. The Hall–Kier alpha value is -2.11. The zero-order valence-corrected chi connectivity index (χ0v) is 12.0. The molecule has 2 aromatic heterocycles. The lowest BCUT2D eigenvalue weighted by Crippen LogP contribution is -2.31. The summed E-state index contributed by atoms with van der Waals surface area (Å²) < 4.78 is 0. The molecular formula is C14H20N6. The van der Waals surface area contributed by atoms with E-state index in [1.165, 1.54) is 19.3 Å². The highest BCUT2D eigenvalue weighted by Crippen LogP contribution is 2.26. The van der Waals surface area contributed by atoms with Gasteiger partial charge in [0.05, 0.1) is 0 Å². The molecule has 0 unspecified atom stereocenters. The largest absolute Gasteiger partial charge is 0.356 e. The minimum absolute atomic E-state index is 0.786. The summed E-state index contributed by atoms with van der Waals surface area (Å²) in [4.78, 5) is 11.1. The fourth-order valence-electron chi connectivity index (χ4n) is 2.59. The molecule has 106 valence electrons. The lowest BCUT2D eigenvalue weighted by atomic mass is 10.1. The van der Waals surface area contributed by atoms with Crippen molar-refractivity contribution in [3.8, 4) is 0 Å². The molecule has 20 heavy (non-hydrogen) atoms. The van der Waals surface area contributed by atoms with Gasteiger partial charge >= 0.3 is 0 Å². The van der Waals surface area contributed by atoms with Gasteiger partial charge in [-0.25, -0.2) is 9.97 Å². The molecule has 6 heteroatoms. The lowest BCUT2D eigenvalue weighted by molar-refractivity contribution is 0.572. The third kappa shape index (κ3) is 2.59.